The molecule has 3 nitrogen and oxygen atoms in total. The fourth-order valence-electron chi connectivity index (χ4n) is 2.71. The molecule has 3 N–H and O–H groups in total. The first-order chi connectivity index (χ1) is 12.1. The average Bonchev–Trinajstić information content (AvgIpc) is 2.61. The van der Waals surface area contributed by atoms with Crippen molar-refractivity contribution in [2.24, 2.45) is 0 Å². The van der Waals surface area contributed by atoms with Gasteiger partial charge in [0.2, 0.25) is 0 Å². The molecule has 2 aromatic rings. The molecule has 0 saturated carbocycles. The molecule has 0 fully saturated rings. The van der Waals surface area contributed by atoms with Crippen molar-refractivity contribution in [2.45, 2.75) is 19.1 Å². The van der Waals surface area contributed by atoms with Crippen molar-refractivity contribution in [1.82, 2.24) is 10.6 Å². The van der Waals surface area contributed by atoms with Gasteiger partial charge in [0.1, 0.15) is 0 Å². The Morgan fingerprint density at radius 2 is 1.84 bits per heavy atom. The fourth-order valence-corrected chi connectivity index (χ4v) is 3.27. The summed E-state index contributed by atoms with van der Waals surface area (Å²) >= 11 is 18.1. The van der Waals surface area contributed by atoms with E-state index in [0.717, 1.165) is 47.9 Å². The van der Waals surface area contributed by atoms with Crippen molar-refractivity contribution >= 4 is 46.6 Å². The monoisotopic (exact) mass is 395 g/mol. The number of fused-ring (bicyclic) bond motifs is 1. The van der Waals surface area contributed by atoms with Crippen molar-refractivity contribution in [3.05, 3.63) is 68.7 Å². The van der Waals surface area contributed by atoms with E-state index in [1.807, 2.05) is 36.4 Å². The summed E-state index contributed by atoms with van der Waals surface area (Å²) in [6.07, 6.45) is 5.31. The normalized spacial score (nSPS) is 15.7. The van der Waals surface area contributed by atoms with Gasteiger partial charge in [0, 0.05) is 22.8 Å². The highest BCUT2D eigenvalue weighted by Gasteiger charge is 2.13. The molecular formula is C19H20Cl3N3. The minimum Gasteiger partial charge on any atom is -0.366 e. The quantitative estimate of drug-likeness (QED) is 0.564. The summed E-state index contributed by atoms with van der Waals surface area (Å²) in [4.78, 5) is 0. The van der Waals surface area contributed by atoms with Crippen LogP contribution in [0.25, 0.3) is 6.08 Å². The zero-order chi connectivity index (χ0) is 17.6. The molecule has 1 heterocycles. The van der Waals surface area contributed by atoms with Gasteiger partial charge in [0.05, 0.1) is 16.2 Å². The molecule has 132 valence electrons. The summed E-state index contributed by atoms with van der Waals surface area (Å²) < 4.78 is 0. The van der Waals surface area contributed by atoms with Gasteiger partial charge < -0.3 is 10.6 Å². The van der Waals surface area contributed by atoms with Crippen LogP contribution in [-0.2, 0) is 6.54 Å². The van der Waals surface area contributed by atoms with Crippen LogP contribution < -0.4 is 16.0 Å². The predicted molar refractivity (Wildman–Crippen MR) is 109 cm³/mol. The molecule has 0 saturated heterocycles. The van der Waals surface area contributed by atoms with Gasteiger partial charge in [-0.25, -0.2) is 0 Å². The number of nitrogens with one attached hydrogen (secondary N) is 3. The molecule has 2 aromatic carbocycles. The highest BCUT2D eigenvalue weighted by atomic mass is 35.5. The van der Waals surface area contributed by atoms with E-state index in [1.165, 1.54) is 0 Å². The highest BCUT2D eigenvalue weighted by Crippen LogP contribution is 2.29. The third-order valence-electron chi connectivity index (χ3n) is 4.03. The molecule has 1 aliphatic heterocycles. The Bertz CT molecular complexity index is 762. The first-order valence-electron chi connectivity index (χ1n) is 8.25. The Kier molecular flexibility index (Phi) is 6.63. The maximum Gasteiger partial charge on any atom is 0.0964 e. The van der Waals surface area contributed by atoms with E-state index in [4.69, 9.17) is 34.8 Å². The molecule has 0 aromatic heterocycles. The van der Waals surface area contributed by atoms with Gasteiger partial charge >= 0.3 is 0 Å². The van der Waals surface area contributed by atoms with E-state index >= 15 is 0 Å². The van der Waals surface area contributed by atoms with Crippen molar-refractivity contribution in [3.63, 3.8) is 0 Å². The maximum absolute atomic E-state index is 6.18. The minimum atomic E-state index is 0.126. The van der Waals surface area contributed by atoms with E-state index in [-0.39, 0.29) is 6.17 Å². The topological polar surface area (TPSA) is 36.1 Å². The van der Waals surface area contributed by atoms with Crippen LogP contribution in [-0.4, -0.2) is 19.3 Å². The lowest BCUT2D eigenvalue weighted by molar-refractivity contribution is 0.576. The molecule has 0 radical (unpaired) electrons. The Morgan fingerprint density at radius 3 is 2.68 bits per heavy atom. The lowest BCUT2D eigenvalue weighted by Crippen LogP contribution is -2.37. The summed E-state index contributed by atoms with van der Waals surface area (Å²) in [5.41, 5.74) is 3.24. The molecule has 0 amide bonds. The fraction of sp³-hybridized carbons (Fsp3) is 0.263. The molecule has 0 aliphatic carbocycles. The Hall–Kier alpha value is -1.23. The smallest absolute Gasteiger partial charge is 0.0964 e. The predicted octanol–water partition coefficient (Wildman–Crippen LogP) is 5.18. The second kappa shape index (κ2) is 8.93. The Morgan fingerprint density at radius 1 is 0.960 bits per heavy atom. The van der Waals surface area contributed by atoms with Crippen molar-refractivity contribution in [1.29, 1.82) is 0 Å². The lowest BCUT2D eigenvalue weighted by Gasteiger charge is -2.24. The first-order valence-corrected chi connectivity index (χ1v) is 9.38. The van der Waals surface area contributed by atoms with Gasteiger partial charge in [0.25, 0.3) is 0 Å². The van der Waals surface area contributed by atoms with Gasteiger partial charge in [-0.15, -0.1) is 0 Å². The molecule has 0 bridgehead atoms. The molecule has 1 aliphatic rings. The number of halogens is 3. The van der Waals surface area contributed by atoms with Gasteiger partial charge in [-0.1, -0.05) is 53.0 Å². The zero-order valence-electron chi connectivity index (χ0n) is 13.7. The minimum absolute atomic E-state index is 0.126. The van der Waals surface area contributed by atoms with E-state index in [1.54, 1.807) is 0 Å². The van der Waals surface area contributed by atoms with Crippen LogP contribution in [0.5, 0.6) is 0 Å². The number of hydrogen-bond donors (Lipinski definition) is 3. The second-order valence-electron chi connectivity index (χ2n) is 5.92. The largest absolute Gasteiger partial charge is 0.366 e. The van der Waals surface area contributed by atoms with E-state index in [0.29, 0.717) is 10.0 Å². The Balaban J connectivity index is 1.35. The van der Waals surface area contributed by atoms with E-state index in [9.17, 15) is 0 Å². The summed E-state index contributed by atoms with van der Waals surface area (Å²) in [5, 5.41) is 12.3. The molecule has 1 atom stereocenters. The average molecular weight is 397 g/mol. The van der Waals surface area contributed by atoms with Crippen LogP contribution in [0, 0.1) is 0 Å². The summed E-state index contributed by atoms with van der Waals surface area (Å²) in [6.45, 7) is 2.61. The highest BCUT2D eigenvalue weighted by molar-refractivity contribution is 6.42. The SMILES string of the molecule is Clc1ccc(CNCCCNC2C=Cc3c(Cl)cccc3N2)cc1Cl. The van der Waals surface area contributed by atoms with Crippen LogP contribution in [0.1, 0.15) is 17.5 Å². The number of benzene rings is 2. The number of hydrogen-bond acceptors (Lipinski definition) is 3. The van der Waals surface area contributed by atoms with Crippen molar-refractivity contribution in [2.75, 3.05) is 18.4 Å². The summed E-state index contributed by atoms with van der Waals surface area (Å²) in [5.74, 6) is 0. The van der Waals surface area contributed by atoms with Crippen LogP contribution in [0.4, 0.5) is 5.69 Å². The van der Waals surface area contributed by atoms with Gasteiger partial charge in [-0.3, -0.25) is 5.32 Å². The van der Waals surface area contributed by atoms with E-state index in [2.05, 4.69) is 28.1 Å². The maximum atomic E-state index is 6.18. The molecule has 1 unspecified atom stereocenters. The van der Waals surface area contributed by atoms with Crippen LogP contribution in [0.15, 0.2) is 42.5 Å². The summed E-state index contributed by atoms with van der Waals surface area (Å²) in [6, 6.07) is 11.6. The van der Waals surface area contributed by atoms with Crippen LogP contribution in [0.2, 0.25) is 15.1 Å². The van der Waals surface area contributed by atoms with Gasteiger partial charge in [-0.2, -0.15) is 0 Å². The zero-order valence-corrected chi connectivity index (χ0v) is 15.9. The van der Waals surface area contributed by atoms with Gasteiger partial charge in [0.15, 0.2) is 0 Å². The Labute approximate surface area is 163 Å². The molecule has 6 heteroatoms. The number of anilines is 1. The van der Waals surface area contributed by atoms with Crippen molar-refractivity contribution in [3.8, 4) is 0 Å². The van der Waals surface area contributed by atoms with Crippen LogP contribution >= 0.6 is 34.8 Å². The standard InChI is InChI=1S/C19H20Cl3N3/c20-15-3-1-4-18-14(15)6-8-19(25-18)24-10-2-9-23-12-13-5-7-16(21)17(22)11-13/h1,3-8,11,19,23-25H,2,9-10,12H2. The molecule has 0 spiro atoms. The van der Waals surface area contributed by atoms with Crippen LogP contribution in [0.3, 0.4) is 0 Å². The first kappa shape index (κ1) is 18.6. The number of rotatable bonds is 7. The van der Waals surface area contributed by atoms with E-state index < -0.39 is 0 Å². The van der Waals surface area contributed by atoms with Crippen molar-refractivity contribution < 1.29 is 0 Å². The summed E-state index contributed by atoms with van der Waals surface area (Å²) in [7, 11) is 0. The second-order valence-corrected chi connectivity index (χ2v) is 7.14. The van der Waals surface area contributed by atoms with Gasteiger partial charge in [-0.05, 0) is 55.4 Å². The third-order valence-corrected chi connectivity index (χ3v) is 5.10. The molecule has 25 heavy (non-hydrogen) atoms. The lowest BCUT2D eigenvalue weighted by atomic mass is 10.1. The molecular weight excluding hydrogens is 377 g/mol. The molecule has 3 rings (SSSR count). The third kappa shape index (κ3) is 5.13.